The molecule has 1 aromatic rings. The van der Waals surface area contributed by atoms with Crippen LogP contribution < -0.4 is 5.19 Å². The monoisotopic (exact) mass is 301 g/mol. The van der Waals surface area contributed by atoms with Crippen LogP contribution in [-0.4, -0.2) is 25.6 Å². The van der Waals surface area contributed by atoms with Crippen LogP contribution in [0, 0.1) is 5.92 Å². The van der Waals surface area contributed by atoms with E-state index in [2.05, 4.69) is 48.8 Å². The summed E-state index contributed by atoms with van der Waals surface area (Å²) >= 11 is 0. The highest BCUT2D eigenvalue weighted by molar-refractivity contribution is 6.88. The van der Waals surface area contributed by atoms with Crippen molar-refractivity contribution in [1.29, 1.82) is 0 Å². The van der Waals surface area contributed by atoms with Gasteiger partial charge in [-0.3, -0.25) is 4.90 Å². The molecule has 1 heterocycles. The van der Waals surface area contributed by atoms with Gasteiger partial charge in [-0.25, -0.2) is 0 Å². The van der Waals surface area contributed by atoms with Crippen molar-refractivity contribution in [2.24, 2.45) is 5.92 Å². The van der Waals surface area contributed by atoms with Gasteiger partial charge in [-0.2, -0.15) is 0 Å². The first kappa shape index (κ1) is 15.3. The van der Waals surface area contributed by atoms with E-state index in [9.17, 15) is 0 Å². The fourth-order valence-corrected chi connectivity index (χ4v) is 5.44. The lowest BCUT2D eigenvalue weighted by atomic mass is 9.78. The number of piperidine rings is 1. The topological polar surface area (TPSA) is 3.24 Å². The van der Waals surface area contributed by atoms with E-state index in [0.29, 0.717) is 0 Å². The second-order valence-electron chi connectivity index (χ2n) is 8.17. The van der Waals surface area contributed by atoms with Gasteiger partial charge < -0.3 is 0 Å². The van der Waals surface area contributed by atoms with Gasteiger partial charge in [0.25, 0.3) is 0 Å². The summed E-state index contributed by atoms with van der Waals surface area (Å²) in [4.78, 5) is 2.79. The maximum Gasteiger partial charge on any atom is 0.0775 e. The normalized spacial score (nSPS) is 27.4. The van der Waals surface area contributed by atoms with E-state index in [1.165, 1.54) is 57.2 Å². The first-order chi connectivity index (χ1) is 10.0. The minimum Gasteiger partial charge on any atom is -0.296 e. The molecule has 3 rings (SSSR count). The molecule has 0 bridgehead atoms. The van der Waals surface area contributed by atoms with Crippen molar-refractivity contribution < 1.29 is 0 Å². The number of hydrogen-bond donors (Lipinski definition) is 0. The number of fused-ring (bicyclic) bond motifs is 1. The third-order valence-electron chi connectivity index (χ3n) is 5.56. The van der Waals surface area contributed by atoms with Gasteiger partial charge in [-0.1, -0.05) is 61.9 Å². The Balaban J connectivity index is 1.68. The molecule has 0 radical (unpaired) electrons. The molecule has 1 aliphatic carbocycles. The molecule has 1 aromatic carbocycles. The zero-order chi connectivity index (χ0) is 14.9. The molecule has 0 N–H and O–H groups in total. The van der Waals surface area contributed by atoms with Crippen LogP contribution in [0.4, 0.5) is 0 Å². The zero-order valence-electron chi connectivity index (χ0n) is 14.1. The van der Waals surface area contributed by atoms with Crippen LogP contribution in [0.2, 0.25) is 19.6 Å². The maximum absolute atomic E-state index is 2.79. The first-order valence-electron chi connectivity index (χ1n) is 8.87. The fraction of sp³-hybridized carbons (Fsp3) is 0.684. The number of rotatable bonds is 3. The van der Waals surface area contributed by atoms with Crippen LogP contribution in [0.5, 0.6) is 0 Å². The minimum absolute atomic E-state index is 0.879. The Bertz CT molecular complexity index is 457. The third kappa shape index (κ3) is 3.60. The number of nitrogens with zero attached hydrogens (tertiary/aromatic N) is 1. The standard InChI is InChI=1S/C19H31NSi/c1-21(2,3)18-12-10-16(11-13-18)15-20-14-6-8-17-7-4-5-9-19(17)20/h10-13,17,19H,4-9,14-15H2,1-3H3/t17-,19-/m1/s1. The summed E-state index contributed by atoms with van der Waals surface area (Å²) in [6.07, 6.45) is 8.74. The molecule has 2 fully saturated rings. The summed E-state index contributed by atoms with van der Waals surface area (Å²) in [6.45, 7) is 9.78. The van der Waals surface area contributed by atoms with E-state index >= 15 is 0 Å². The Labute approximate surface area is 131 Å². The van der Waals surface area contributed by atoms with E-state index < -0.39 is 8.07 Å². The van der Waals surface area contributed by atoms with E-state index in [0.717, 1.165) is 12.0 Å². The van der Waals surface area contributed by atoms with Gasteiger partial charge in [-0.05, 0) is 43.7 Å². The summed E-state index contributed by atoms with van der Waals surface area (Å²) in [5, 5.41) is 1.58. The highest BCUT2D eigenvalue weighted by Gasteiger charge is 2.32. The average Bonchev–Trinajstić information content (AvgIpc) is 2.47. The molecule has 21 heavy (non-hydrogen) atoms. The molecule has 0 spiro atoms. The molecule has 1 aliphatic heterocycles. The molecule has 1 saturated heterocycles. The van der Waals surface area contributed by atoms with Crippen LogP contribution in [0.25, 0.3) is 0 Å². The second kappa shape index (κ2) is 6.25. The van der Waals surface area contributed by atoms with E-state index in [1.807, 2.05) is 0 Å². The van der Waals surface area contributed by atoms with Gasteiger partial charge in [0.05, 0.1) is 8.07 Å². The van der Waals surface area contributed by atoms with Crippen molar-refractivity contribution in [2.45, 2.75) is 70.8 Å². The summed E-state index contributed by atoms with van der Waals surface area (Å²) in [6, 6.07) is 10.4. The van der Waals surface area contributed by atoms with Gasteiger partial charge in [0.15, 0.2) is 0 Å². The predicted molar refractivity (Wildman–Crippen MR) is 94.8 cm³/mol. The molecule has 2 atom stereocenters. The van der Waals surface area contributed by atoms with Gasteiger partial charge >= 0.3 is 0 Å². The molecule has 0 unspecified atom stereocenters. The largest absolute Gasteiger partial charge is 0.296 e. The van der Waals surface area contributed by atoms with Gasteiger partial charge in [0, 0.05) is 12.6 Å². The molecular formula is C19H31NSi. The van der Waals surface area contributed by atoms with E-state index in [-0.39, 0.29) is 0 Å². The highest BCUT2D eigenvalue weighted by atomic mass is 28.3. The van der Waals surface area contributed by atoms with Crippen LogP contribution in [0.3, 0.4) is 0 Å². The Kier molecular flexibility index (Phi) is 4.56. The van der Waals surface area contributed by atoms with Crippen LogP contribution in [-0.2, 0) is 6.54 Å². The SMILES string of the molecule is C[Si](C)(C)c1ccc(CN2CCC[C@H]3CCCC[C@H]32)cc1. The second-order valence-corrected chi connectivity index (χ2v) is 13.2. The zero-order valence-corrected chi connectivity index (χ0v) is 15.1. The average molecular weight is 302 g/mol. The van der Waals surface area contributed by atoms with Crippen molar-refractivity contribution in [1.82, 2.24) is 4.90 Å². The molecular weight excluding hydrogens is 270 g/mol. The lowest BCUT2D eigenvalue weighted by Crippen LogP contribution is -2.46. The fourth-order valence-electron chi connectivity index (χ4n) is 4.27. The van der Waals surface area contributed by atoms with Gasteiger partial charge in [0.2, 0.25) is 0 Å². The highest BCUT2D eigenvalue weighted by Crippen LogP contribution is 2.35. The number of hydrogen-bond acceptors (Lipinski definition) is 1. The van der Waals surface area contributed by atoms with Crippen LogP contribution in [0.15, 0.2) is 24.3 Å². The molecule has 2 aliphatic rings. The number of likely N-dealkylation sites (tertiary alicyclic amines) is 1. The summed E-state index contributed by atoms with van der Waals surface area (Å²) in [5.74, 6) is 0.994. The third-order valence-corrected chi connectivity index (χ3v) is 7.63. The van der Waals surface area contributed by atoms with Crippen molar-refractivity contribution in [3.05, 3.63) is 29.8 Å². The molecule has 1 saturated carbocycles. The maximum atomic E-state index is 2.79. The molecule has 116 valence electrons. The summed E-state index contributed by atoms with van der Waals surface area (Å²) in [7, 11) is -1.15. The summed E-state index contributed by atoms with van der Waals surface area (Å²) in [5.41, 5.74) is 1.52. The Morgan fingerprint density at radius 2 is 1.62 bits per heavy atom. The quantitative estimate of drug-likeness (QED) is 0.749. The van der Waals surface area contributed by atoms with Gasteiger partial charge in [-0.15, -0.1) is 0 Å². The Morgan fingerprint density at radius 3 is 2.33 bits per heavy atom. The molecule has 1 nitrogen and oxygen atoms in total. The predicted octanol–water partition coefficient (Wildman–Crippen LogP) is 4.39. The smallest absolute Gasteiger partial charge is 0.0775 e. The van der Waals surface area contributed by atoms with Crippen molar-refractivity contribution in [3.8, 4) is 0 Å². The Morgan fingerprint density at radius 1 is 0.952 bits per heavy atom. The first-order valence-corrected chi connectivity index (χ1v) is 12.4. The number of benzene rings is 1. The lowest BCUT2D eigenvalue weighted by Gasteiger charge is -2.44. The summed E-state index contributed by atoms with van der Waals surface area (Å²) < 4.78 is 0. The van der Waals surface area contributed by atoms with Gasteiger partial charge in [0.1, 0.15) is 0 Å². The molecule has 2 heteroatoms. The van der Waals surface area contributed by atoms with E-state index in [1.54, 1.807) is 5.19 Å². The Hall–Kier alpha value is -0.603. The molecule has 0 aromatic heterocycles. The van der Waals surface area contributed by atoms with Crippen molar-refractivity contribution >= 4 is 13.3 Å². The van der Waals surface area contributed by atoms with Crippen molar-refractivity contribution in [2.75, 3.05) is 6.54 Å². The van der Waals surface area contributed by atoms with Crippen LogP contribution in [0.1, 0.15) is 44.1 Å². The molecule has 0 amide bonds. The van der Waals surface area contributed by atoms with Crippen LogP contribution >= 0.6 is 0 Å². The van der Waals surface area contributed by atoms with E-state index in [4.69, 9.17) is 0 Å². The van der Waals surface area contributed by atoms with Crippen molar-refractivity contribution in [3.63, 3.8) is 0 Å². The lowest BCUT2D eigenvalue weighted by molar-refractivity contribution is 0.0547. The minimum atomic E-state index is -1.15.